The molecule has 1 aromatic heterocycles. The Kier molecular flexibility index (Phi) is 3.79. The number of aromatic nitrogens is 1. The molecule has 84 valence electrons. The quantitative estimate of drug-likeness (QED) is 0.804. The molecule has 0 aliphatic rings. The van der Waals surface area contributed by atoms with Crippen molar-refractivity contribution in [1.82, 2.24) is 4.98 Å². The molecule has 0 bridgehead atoms. The number of oxazole rings is 1. The number of aliphatic carboxylic acids is 1. The van der Waals surface area contributed by atoms with E-state index in [1.165, 1.54) is 0 Å². The Morgan fingerprint density at radius 1 is 1.47 bits per heavy atom. The molecule has 1 N–H and O–H groups in total. The first kappa shape index (κ1) is 12.1. The summed E-state index contributed by atoms with van der Waals surface area (Å²) in [4.78, 5) is 15.1. The highest BCUT2D eigenvalue weighted by molar-refractivity contribution is 8.00. The second kappa shape index (κ2) is 4.70. The van der Waals surface area contributed by atoms with Gasteiger partial charge in [0.25, 0.3) is 5.22 Å². The van der Waals surface area contributed by atoms with E-state index < -0.39 is 11.2 Å². The zero-order valence-corrected chi connectivity index (χ0v) is 10.1. The maximum atomic E-state index is 10.9. The number of thioether (sulfide) groups is 1. The van der Waals surface area contributed by atoms with Gasteiger partial charge in [-0.25, -0.2) is 4.98 Å². The summed E-state index contributed by atoms with van der Waals surface area (Å²) in [5, 5.41) is 8.92. The lowest BCUT2D eigenvalue weighted by atomic mass is 10.1. The van der Waals surface area contributed by atoms with Crippen molar-refractivity contribution in [2.75, 3.05) is 0 Å². The summed E-state index contributed by atoms with van der Waals surface area (Å²) < 4.78 is 5.33. The lowest BCUT2D eigenvalue weighted by molar-refractivity contribution is -0.137. The molecule has 0 amide bonds. The van der Waals surface area contributed by atoms with Crippen molar-refractivity contribution in [2.24, 2.45) is 5.92 Å². The van der Waals surface area contributed by atoms with Gasteiger partial charge < -0.3 is 9.52 Å². The molecular weight excluding hydrogens is 214 g/mol. The Morgan fingerprint density at radius 2 is 2.07 bits per heavy atom. The molecule has 1 aromatic rings. The van der Waals surface area contributed by atoms with Crippen LogP contribution in [0.5, 0.6) is 0 Å². The van der Waals surface area contributed by atoms with Gasteiger partial charge in [0.05, 0.1) is 5.69 Å². The molecule has 1 heterocycles. The topological polar surface area (TPSA) is 63.3 Å². The molecule has 0 aliphatic heterocycles. The minimum atomic E-state index is -0.830. The Bertz CT molecular complexity index is 340. The van der Waals surface area contributed by atoms with Gasteiger partial charge in [0, 0.05) is 0 Å². The molecule has 5 heteroatoms. The Hall–Kier alpha value is -0.970. The average Bonchev–Trinajstić information content (AvgIpc) is 2.41. The van der Waals surface area contributed by atoms with Gasteiger partial charge in [0.2, 0.25) is 0 Å². The molecule has 0 saturated carbocycles. The second-order valence-corrected chi connectivity index (χ2v) is 4.83. The molecule has 1 atom stereocenters. The van der Waals surface area contributed by atoms with E-state index in [0.29, 0.717) is 5.22 Å². The fourth-order valence-electron chi connectivity index (χ4n) is 1.07. The Labute approximate surface area is 93.1 Å². The molecule has 0 radical (unpaired) electrons. The maximum absolute atomic E-state index is 10.9. The van der Waals surface area contributed by atoms with Crippen molar-refractivity contribution in [1.29, 1.82) is 0 Å². The highest BCUT2D eigenvalue weighted by atomic mass is 32.2. The first-order valence-corrected chi connectivity index (χ1v) is 5.63. The lowest BCUT2D eigenvalue weighted by Crippen LogP contribution is -2.22. The highest BCUT2D eigenvalue weighted by Crippen LogP contribution is 2.28. The van der Waals surface area contributed by atoms with Crippen LogP contribution >= 0.6 is 11.8 Å². The average molecular weight is 229 g/mol. The number of aryl methyl sites for hydroxylation is 2. The summed E-state index contributed by atoms with van der Waals surface area (Å²) in [5.74, 6) is -0.0473. The Balaban J connectivity index is 2.79. The molecular formula is C10H15NO3S. The summed E-state index contributed by atoms with van der Waals surface area (Å²) in [7, 11) is 0. The normalized spacial score (nSPS) is 13.1. The molecule has 1 unspecified atom stereocenters. The van der Waals surface area contributed by atoms with Gasteiger partial charge in [-0.05, 0) is 19.8 Å². The molecule has 0 aliphatic carbocycles. The van der Waals surface area contributed by atoms with Gasteiger partial charge in [0.15, 0.2) is 0 Å². The van der Waals surface area contributed by atoms with Gasteiger partial charge >= 0.3 is 5.97 Å². The molecule has 4 nitrogen and oxygen atoms in total. The zero-order chi connectivity index (χ0) is 11.6. The molecule has 0 fully saturated rings. The predicted molar refractivity (Wildman–Crippen MR) is 58.1 cm³/mol. The van der Waals surface area contributed by atoms with E-state index in [9.17, 15) is 4.79 Å². The predicted octanol–water partition coefficient (Wildman–Crippen LogP) is 2.49. The second-order valence-electron chi connectivity index (χ2n) is 3.74. The van der Waals surface area contributed by atoms with Crippen molar-refractivity contribution < 1.29 is 14.3 Å². The molecule has 15 heavy (non-hydrogen) atoms. The van der Waals surface area contributed by atoms with Crippen LogP contribution in [0, 0.1) is 19.8 Å². The van der Waals surface area contributed by atoms with Crippen LogP contribution in [0.1, 0.15) is 25.3 Å². The van der Waals surface area contributed by atoms with Crippen LogP contribution in [-0.4, -0.2) is 21.3 Å². The minimum absolute atomic E-state index is 0.0417. The number of rotatable bonds is 4. The monoisotopic (exact) mass is 229 g/mol. The third-order valence-corrected chi connectivity index (χ3v) is 3.46. The highest BCUT2D eigenvalue weighted by Gasteiger charge is 2.25. The molecule has 1 rings (SSSR count). The van der Waals surface area contributed by atoms with Crippen LogP contribution in [0.2, 0.25) is 0 Å². The van der Waals surface area contributed by atoms with Gasteiger partial charge in [-0.3, -0.25) is 4.79 Å². The van der Waals surface area contributed by atoms with E-state index >= 15 is 0 Å². The number of carboxylic acid groups (broad SMARTS) is 1. The smallest absolute Gasteiger partial charge is 0.317 e. The molecule has 0 saturated heterocycles. The van der Waals surface area contributed by atoms with Crippen LogP contribution < -0.4 is 0 Å². The van der Waals surface area contributed by atoms with E-state index in [1.807, 2.05) is 27.7 Å². The van der Waals surface area contributed by atoms with Crippen LogP contribution in [0.15, 0.2) is 9.64 Å². The fraction of sp³-hybridized carbons (Fsp3) is 0.600. The lowest BCUT2D eigenvalue weighted by Gasteiger charge is -2.12. The fourth-order valence-corrected chi connectivity index (χ4v) is 2.03. The Morgan fingerprint density at radius 3 is 2.40 bits per heavy atom. The van der Waals surface area contributed by atoms with Crippen LogP contribution in [0.25, 0.3) is 0 Å². The third kappa shape index (κ3) is 2.99. The summed E-state index contributed by atoms with van der Waals surface area (Å²) in [5.41, 5.74) is 0.811. The van der Waals surface area contributed by atoms with Crippen LogP contribution in [-0.2, 0) is 4.79 Å². The summed E-state index contributed by atoms with van der Waals surface area (Å²) >= 11 is 1.16. The van der Waals surface area contributed by atoms with E-state index in [-0.39, 0.29) is 5.92 Å². The van der Waals surface area contributed by atoms with Crippen LogP contribution in [0.4, 0.5) is 0 Å². The van der Waals surface area contributed by atoms with E-state index in [4.69, 9.17) is 9.52 Å². The van der Waals surface area contributed by atoms with E-state index in [2.05, 4.69) is 4.98 Å². The summed E-state index contributed by atoms with van der Waals surface area (Å²) in [6.07, 6.45) is 0. The summed E-state index contributed by atoms with van der Waals surface area (Å²) in [6, 6.07) is 0. The number of nitrogens with zero attached hydrogens (tertiary/aromatic N) is 1. The van der Waals surface area contributed by atoms with Gasteiger partial charge in [-0.15, -0.1) is 0 Å². The van der Waals surface area contributed by atoms with Crippen molar-refractivity contribution in [3.8, 4) is 0 Å². The van der Waals surface area contributed by atoms with E-state index in [1.54, 1.807) is 0 Å². The van der Waals surface area contributed by atoms with Gasteiger partial charge in [-0.1, -0.05) is 25.6 Å². The van der Waals surface area contributed by atoms with Crippen molar-refractivity contribution >= 4 is 17.7 Å². The number of carbonyl (C=O) groups is 1. The molecule has 0 spiro atoms. The van der Waals surface area contributed by atoms with Crippen molar-refractivity contribution in [3.63, 3.8) is 0 Å². The largest absolute Gasteiger partial charge is 0.480 e. The molecule has 0 aromatic carbocycles. The number of hydrogen-bond acceptors (Lipinski definition) is 4. The SMILES string of the molecule is Cc1nc(SC(C(=O)O)C(C)C)oc1C. The number of carboxylic acids is 1. The number of hydrogen-bond donors (Lipinski definition) is 1. The zero-order valence-electron chi connectivity index (χ0n) is 9.27. The first-order chi connectivity index (χ1) is 6.91. The third-order valence-electron chi connectivity index (χ3n) is 2.09. The van der Waals surface area contributed by atoms with Crippen molar-refractivity contribution in [2.45, 2.75) is 38.2 Å². The summed E-state index contributed by atoms with van der Waals surface area (Å²) in [6.45, 7) is 7.40. The minimum Gasteiger partial charge on any atom is -0.480 e. The van der Waals surface area contributed by atoms with Crippen LogP contribution in [0.3, 0.4) is 0 Å². The van der Waals surface area contributed by atoms with E-state index in [0.717, 1.165) is 23.2 Å². The van der Waals surface area contributed by atoms with Crippen molar-refractivity contribution in [3.05, 3.63) is 11.5 Å². The first-order valence-electron chi connectivity index (χ1n) is 4.75. The maximum Gasteiger partial charge on any atom is 0.317 e. The van der Waals surface area contributed by atoms with Gasteiger partial charge in [-0.2, -0.15) is 0 Å². The van der Waals surface area contributed by atoms with Gasteiger partial charge in [0.1, 0.15) is 11.0 Å². The standard InChI is InChI=1S/C10H15NO3S/c1-5(2)8(9(12)13)15-10-11-6(3)7(4)14-10/h5,8H,1-4H3,(H,12,13).